The molecular formula is C6H7N3O5. The van der Waals surface area contributed by atoms with Gasteiger partial charge < -0.3 is 15.1 Å². The first-order chi connectivity index (χ1) is 6.52. The van der Waals surface area contributed by atoms with Crippen molar-refractivity contribution in [3.8, 4) is 0 Å². The second kappa shape index (κ2) is 3.73. The molecule has 76 valence electrons. The Balaban J connectivity index is 2.89. The molecular weight excluding hydrogens is 194 g/mol. The molecule has 8 heteroatoms. The summed E-state index contributed by atoms with van der Waals surface area (Å²) in [5, 5.41) is 23.5. The second-order valence-corrected chi connectivity index (χ2v) is 2.49. The monoisotopic (exact) mass is 201 g/mol. The zero-order chi connectivity index (χ0) is 10.7. The number of likely N-dealkylation sites (N-methyl/N-ethyl adjacent to an activating group) is 1. The Morgan fingerprint density at radius 3 is 2.57 bits per heavy atom. The lowest BCUT2D eigenvalue weighted by Gasteiger charge is -2.11. The summed E-state index contributed by atoms with van der Waals surface area (Å²) >= 11 is 0. The molecule has 1 rings (SSSR count). The highest BCUT2D eigenvalue weighted by Crippen LogP contribution is 2.13. The normalized spacial score (nSPS) is 9.79. The van der Waals surface area contributed by atoms with Crippen molar-refractivity contribution in [1.29, 1.82) is 0 Å². The van der Waals surface area contributed by atoms with Crippen molar-refractivity contribution in [2.75, 3.05) is 18.5 Å². The number of rotatable bonds is 4. The Labute approximate surface area is 77.7 Å². The van der Waals surface area contributed by atoms with Crippen LogP contribution >= 0.6 is 0 Å². The van der Waals surface area contributed by atoms with Crippen molar-refractivity contribution in [3.05, 3.63) is 5.69 Å². The predicted molar refractivity (Wildman–Crippen MR) is 42.2 cm³/mol. The minimum atomic E-state index is -1.32. The molecule has 0 amide bonds. The second-order valence-electron chi connectivity index (χ2n) is 2.49. The number of hydrogen-bond donors (Lipinski definition) is 2. The van der Waals surface area contributed by atoms with Gasteiger partial charge in [-0.05, 0) is 10.3 Å². The van der Waals surface area contributed by atoms with Crippen LogP contribution in [0.15, 0.2) is 4.63 Å². The van der Waals surface area contributed by atoms with E-state index in [2.05, 4.69) is 14.9 Å². The minimum absolute atomic E-state index is 0.111. The van der Waals surface area contributed by atoms with Crippen LogP contribution in [0.2, 0.25) is 0 Å². The van der Waals surface area contributed by atoms with E-state index in [4.69, 9.17) is 10.2 Å². The van der Waals surface area contributed by atoms with Crippen LogP contribution in [0, 0.1) is 0 Å². The molecule has 0 unspecified atom stereocenters. The van der Waals surface area contributed by atoms with Crippen molar-refractivity contribution in [3.63, 3.8) is 0 Å². The molecule has 14 heavy (non-hydrogen) atoms. The lowest BCUT2D eigenvalue weighted by molar-refractivity contribution is -0.135. The summed E-state index contributed by atoms with van der Waals surface area (Å²) < 4.78 is 4.19. The van der Waals surface area contributed by atoms with Crippen LogP contribution in [0.1, 0.15) is 10.5 Å². The van der Waals surface area contributed by atoms with Gasteiger partial charge in [0.25, 0.3) is 0 Å². The fourth-order valence-electron chi connectivity index (χ4n) is 0.847. The van der Waals surface area contributed by atoms with Crippen LogP contribution < -0.4 is 4.90 Å². The van der Waals surface area contributed by atoms with Gasteiger partial charge in [-0.2, -0.15) is 0 Å². The van der Waals surface area contributed by atoms with Gasteiger partial charge in [0.05, 0.1) is 0 Å². The third-order valence-electron chi connectivity index (χ3n) is 1.41. The molecule has 0 aliphatic rings. The quantitative estimate of drug-likeness (QED) is 0.655. The van der Waals surface area contributed by atoms with Gasteiger partial charge in [0.15, 0.2) is 0 Å². The van der Waals surface area contributed by atoms with E-state index in [1.165, 1.54) is 7.05 Å². The highest BCUT2D eigenvalue weighted by Gasteiger charge is 2.21. The number of aromatic nitrogens is 2. The molecule has 1 aromatic rings. The van der Waals surface area contributed by atoms with Gasteiger partial charge >= 0.3 is 11.9 Å². The summed E-state index contributed by atoms with van der Waals surface area (Å²) in [6.07, 6.45) is 0. The first kappa shape index (κ1) is 9.96. The summed E-state index contributed by atoms with van der Waals surface area (Å²) in [6, 6.07) is 0. The van der Waals surface area contributed by atoms with E-state index in [-0.39, 0.29) is 12.4 Å². The van der Waals surface area contributed by atoms with Gasteiger partial charge in [-0.1, -0.05) is 0 Å². The van der Waals surface area contributed by atoms with Gasteiger partial charge in [-0.25, -0.2) is 9.42 Å². The summed E-state index contributed by atoms with van der Waals surface area (Å²) in [6.45, 7) is -0.380. The number of hydrogen-bond acceptors (Lipinski definition) is 6. The maximum atomic E-state index is 10.5. The van der Waals surface area contributed by atoms with Crippen molar-refractivity contribution in [1.82, 2.24) is 10.3 Å². The van der Waals surface area contributed by atoms with Crippen molar-refractivity contribution in [2.45, 2.75) is 0 Å². The molecule has 1 aromatic heterocycles. The molecule has 0 bridgehead atoms. The molecule has 0 saturated heterocycles. The molecule has 0 aromatic carbocycles. The molecule has 0 aliphatic carbocycles. The minimum Gasteiger partial charge on any atom is -0.480 e. The standard InChI is InChI=1S/C6H7N3O5/c1-9(2-3(10)11)5-4(6(12)13)7-14-8-5/h2H2,1H3,(H,10,11)(H,12,13). The van der Waals surface area contributed by atoms with Gasteiger partial charge in [0.1, 0.15) is 6.54 Å². The van der Waals surface area contributed by atoms with Crippen LogP contribution in [-0.2, 0) is 4.79 Å². The molecule has 0 aliphatic heterocycles. The highest BCUT2D eigenvalue weighted by atomic mass is 16.6. The van der Waals surface area contributed by atoms with E-state index in [9.17, 15) is 9.59 Å². The maximum Gasteiger partial charge on any atom is 0.362 e. The number of carboxylic acids is 2. The van der Waals surface area contributed by atoms with Gasteiger partial charge in [0.2, 0.25) is 11.5 Å². The van der Waals surface area contributed by atoms with Crippen LogP contribution in [0.3, 0.4) is 0 Å². The number of nitrogens with zero attached hydrogens (tertiary/aromatic N) is 3. The number of aromatic carboxylic acids is 1. The summed E-state index contributed by atoms with van der Waals surface area (Å²) in [4.78, 5) is 22.0. The Kier molecular flexibility index (Phi) is 2.65. The van der Waals surface area contributed by atoms with Gasteiger partial charge in [-0.15, -0.1) is 0 Å². The largest absolute Gasteiger partial charge is 0.480 e. The average Bonchev–Trinajstić information content (AvgIpc) is 2.49. The van der Waals surface area contributed by atoms with E-state index >= 15 is 0 Å². The molecule has 0 atom stereocenters. The summed E-state index contributed by atoms with van der Waals surface area (Å²) in [5.74, 6) is -2.54. The molecule has 0 radical (unpaired) electrons. The van der Waals surface area contributed by atoms with E-state index in [1.54, 1.807) is 0 Å². The number of carboxylic acid groups (broad SMARTS) is 2. The van der Waals surface area contributed by atoms with E-state index in [0.717, 1.165) is 4.90 Å². The van der Waals surface area contributed by atoms with Crippen molar-refractivity contribution >= 4 is 17.8 Å². The fraction of sp³-hybridized carbons (Fsp3) is 0.333. The van der Waals surface area contributed by atoms with Crippen molar-refractivity contribution in [2.24, 2.45) is 0 Å². The molecule has 8 nitrogen and oxygen atoms in total. The molecule has 0 fully saturated rings. The zero-order valence-corrected chi connectivity index (χ0v) is 7.17. The van der Waals surface area contributed by atoms with Gasteiger partial charge in [-0.3, -0.25) is 4.79 Å². The van der Waals surface area contributed by atoms with Crippen LogP contribution in [-0.4, -0.2) is 46.1 Å². The molecule has 0 saturated carbocycles. The lowest BCUT2D eigenvalue weighted by atomic mass is 10.4. The molecule has 2 N–H and O–H groups in total. The molecule has 1 heterocycles. The Hall–Kier alpha value is -2.12. The molecule has 0 spiro atoms. The number of anilines is 1. The van der Waals surface area contributed by atoms with E-state index in [0.29, 0.717) is 0 Å². The number of aliphatic carboxylic acids is 1. The van der Waals surface area contributed by atoms with Crippen LogP contribution in [0.4, 0.5) is 5.82 Å². The third-order valence-corrected chi connectivity index (χ3v) is 1.41. The summed E-state index contributed by atoms with van der Waals surface area (Å²) in [5.41, 5.74) is -0.409. The topological polar surface area (TPSA) is 117 Å². The first-order valence-corrected chi connectivity index (χ1v) is 3.51. The number of carbonyl (C=O) groups is 2. The lowest BCUT2D eigenvalue weighted by Crippen LogP contribution is -2.26. The first-order valence-electron chi connectivity index (χ1n) is 3.51. The highest BCUT2D eigenvalue weighted by molar-refractivity contribution is 5.91. The Bertz CT molecular complexity index is 360. The predicted octanol–water partition coefficient (Wildman–Crippen LogP) is -0.711. The van der Waals surface area contributed by atoms with Crippen molar-refractivity contribution < 1.29 is 24.4 Å². The maximum absolute atomic E-state index is 10.5. The SMILES string of the molecule is CN(CC(=O)O)c1nonc1C(=O)O. The average molecular weight is 201 g/mol. The Morgan fingerprint density at radius 2 is 2.07 bits per heavy atom. The summed E-state index contributed by atoms with van der Waals surface area (Å²) in [7, 11) is 1.38. The third kappa shape index (κ3) is 1.97. The van der Waals surface area contributed by atoms with E-state index in [1.807, 2.05) is 0 Å². The van der Waals surface area contributed by atoms with Crippen LogP contribution in [0.25, 0.3) is 0 Å². The van der Waals surface area contributed by atoms with E-state index < -0.39 is 17.6 Å². The smallest absolute Gasteiger partial charge is 0.362 e. The fourth-order valence-corrected chi connectivity index (χ4v) is 0.847. The zero-order valence-electron chi connectivity index (χ0n) is 7.17. The van der Waals surface area contributed by atoms with Gasteiger partial charge in [0, 0.05) is 7.05 Å². The van der Waals surface area contributed by atoms with Crippen LogP contribution in [0.5, 0.6) is 0 Å². The Morgan fingerprint density at radius 1 is 1.43 bits per heavy atom.